The number of carboxylic acids is 2. The zero-order valence-electron chi connectivity index (χ0n) is 14.7. The van der Waals surface area contributed by atoms with E-state index in [4.69, 9.17) is 15.9 Å². The molecular formula is C16H22BrN3O7S. The van der Waals surface area contributed by atoms with Crippen molar-refractivity contribution in [1.29, 1.82) is 0 Å². The van der Waals surface area contributed by atoms with Crippen molar-refractivity contribution in [2.24, 2.45) is 5.73 Å². The standard InChI is InChI=1S/C16H22BrN3O7S/c17-8-1-3-11(21)12(5-8)28-7-10(15(25)19-6-14(23)24)20-13(22)4-2-9(18)16(26)27/h1,3,5,9-12,21H,2,4,6-7,18H2,(H,19,25)(H,20,22)(H,23,24)(H,26,27). The summed E-state index contributed by atoms with van der Waals surface area (Å²) < 4.78 is 0.758. The Morgan fingerprint density at radius 1 is 1.29 bits per heavy atom. The van der Waals surface area contributed by atoms with Crippen LogP contribution in [0.1, 0.15) is 12.8 Å². The van der Waals surface area contributed by atoms with Gasteiger partial charge in [-0.15, -0.1) is 11.8 Å². The molecule has 1 aliphatic rings. The molecule has 0 aromatic rings. The van der Waals surface area contributed by atoms with E-state index in [9.17, 15) is 24.3 Å². The van der Waals surface area contributed by atoms with Crippen LogP contribution in [0.25, 0.3) is 0 Å². The monoisotopic (exact) mass is 479 g/mol. The minimum Gasteiger partial charge on any atom is -0.480 e. The van der Waals surface area contributed by atoms with Crippen LogP contribution in [0.5, 0.6) is 0 Å². The van der Waals surface area contributed by atoms with Crippen molar-refractivity contribution in [2.45, 2.75) is 36.3 Å². The number of aliphatic carboxylic acids is 2. The lowest BCUT2D eigenvalue weighted by atomic mass is 10.1. The normalized spacial score (nSPS) is 20.6. The molecule has 0 saturated carbocycles. The Labute approximate surface area is 173 Å². The Bertz CT molecular complexity index is 671. The van der Waals surface area contributed by atoms with E-state index < -0.39 is 48.5 Å². The van der Waals surface area contributed by atoms with Crippen molar-refractivity contribution in [1.82, 2.24) is 10.6 Å². The summed E-state index contributed by atoms with van der Waals surface area (Å²) in [5, 5.41) is 31.7. The molecule has 0 radical (unpaired) electrons. The van der Waals surface area contributed by atoms with Gasteiger partial charge in [0.05, 0.1) is 11.4 Å². The predicted molar refractivity (Wildman–Crippen MR) is 106 cm³/mol. The van der Waals surface area contributed by atoms with E-state index in [1.807, 2.05) is 0 Å². The molecule has 156 valence electrons. The highest BCUT2D eigenvalue weighted by atomic mass is 79.9. The lowest BCUT2D eigenvalue weighted by Crippen LogP contribution is -2.50. The third-order valence-electron chi connectivity index (χ3n) is 3.63. The summed E-state index contributed by atoms with van der Waals surface area (Å²) in [4.78, 5) is 45.6. The number of nitrogens with two attached hydrogens (primary N) is 1. The Hall–Kier alpha value is -1.89. The zero-order valence-corrected chi connectivity index (χ0v) is 17.1. The lowest BCUT2D eigenvalue weighted by Gasteiger charge is -2.23. The molecule has 0 spiro atoms. The van der Waals surface area contributed by atoms with Crippen molar-refractivity contribution in [3.8, 4) is 0 Å². The van der Waals surface area contributed by atoms with E-state index in [0.717, 1.165) is 4.48 Å². The fourth-order valence-corrected chi connectivity index (χ4v) is 3.90. The molecule has 0 fully saturated rings. The van der Waals surface area contributed by atoms with Gasteiger partial charge in [-0.1, -0.05) is 28.1 Å². The molecule has 0 heterocycles. The van der Waals surface area contributed by atoms with E-state index in [2.05, 4.69) is 26.6 Å². The molecule has 4 atom stereocenters. The average Bonchev–Trinajstić information content (AvgIpc) is 2.63. The number of aliphatic hydroxyl groups is 1. The second-order valence-electron chi connectivity index (χ2n) is 5.91. The number of hydrogen-bond acceptors (Lipinski definition) is 7. The number of carbonyl (C=O) groups excluding carboxylic acids is 2. The first-order chi connectivity index (χ1) is 13.1. The molecule has 0 aromatic heterocycles. The number of hydrogen-bond donors (Lipinski definition) is 6. The second-order valence-corrected chi connectivity index (χ2v) is 8.04. The van der Waals surface area contributed by atoms with E-state index >= 15 is 0 Å². The van der Waals surface area contributed by atoms with Crippen LogP contribution in [-0.4, -0.2) is 74.8 Å². The van der Waals surface area contributed by atoms with Crippen molar-refractivity contribution in [3.63, 3.8) is 0 Å². The van der Waals surface area contributed by atoms with Crippen LogP contribution in [0.15, 0.2) is 22.7 Å². The van der Waals surface area contributed by atoms with E-state index in [0.29, 0.717) is 0 Å². The summed E-state index contributed by atoms with van der Waals surface area (Å²) in [5.41, 5.74) is 5.35. The second kappa shape index (κ2) is 11.8. The van der Waals surface area contributed by atoms with Gasteiger partial charge < -0.3 is 31.7 Å². The first-order valence-corrected chi connectivity index (χ1v) is 10.1. The molecule has 2 amide bonds. The Kier molecular flexibility index (Phi) is 10.2. The SMILES string of the molecule is NC(CCC(=O)NC(CSC1C=C(Br)C=CC1O)C(=O)NCC(=O)O)C(=O)O. The number of amides is 2. The summed E-state index contributed by atoms with van der Waals surface area (Å²) in [5.74, 6) is -3.70. The number of halogens is 1. The number of rotatable bonds is 11. The van der Waals surface area contributed by atoms with Gasteiger partial charge in [-0.05, 0) is 12.5 Å². The maximum Gasteiger partial charge on any atom is 0.322 e. The number of aliphatic hydroxyl groups excluding tert-OH is 1. The number of carboxylic acid groups (broad SMARTS) is 2. The quantitative estimate of drug-likeness (QED) is 0.220. The highest BCUT2D eigenvalue weighted by molar-refractivity contribution is 9.11. The first kappa shape index (κ1) is 24.1. The minimum absolute atomic E-state index is 0.0640. The van der Waals surface area contributed by atoms with Crippen LogP contribution in [0.2, 0.25) is 0 Å². The van der Waals surface area contributed by atoms with Gasteiger partial charge in [0, 0.05) is 16.7 Å². The number of carbonyl (C=O) groups is 4. The van der Waals surface area contributed by atoms with Gasteiger partial charge in [0.25, 0.3) is 0 Å². The number of thioether (sulfide) groups is 1. The van der Waals surface area contributed by atoms with Gasteiger partial charge in [0.2, 0.25) is 11.8 Å². The van der Waals surface area contributed by atoms with Crippen molar-refractivity contribution in [2.75, 3.05) is 12.3 Å². The Morgan fingerprint density at radius 2 is 1.96 bits per heavy atom. The molecule has 0 aliphatic heterocycles. The Balaban J connectivity index is 2.69. The van der Waals surface area contributed by atoms with E-state index in [1.165, 1.54) is 11.8 Å². The largest absolute Gasteiger partial charge is 0.480 e. The summed E-state index contributed by atoms with van der Waals surface area (Å²) in [6, 6.07) is -2.27. The molecule has 1 aliphatic carbocycles. The van der Waals surface area contributed by atoms with Gasteiger partial charge in [-0.25, -0.2) is 0 Å². The van der Waals surface area contributed by atoms with E-state index in [1.54, 1.807) is 18.2 Å². The summed E-state index contributed by atoms with van der Waals surface area (Å²) >= 11 is 4.50. The molecule has 0 bridgehead atoms. The number of allylic oxidation sites excluding steroid dienone is 2. The minimum atomic E-state index is -1.24. The first-order valence-electron chi connectivity index (χ1n) is 8.22. The maximum absolute atomic E-state index is 12.2. The van der Waals surface area contributed by atoms with Gasteiger partial charge in [0.1, 0.15) is 18.6 Å². The topological polar surface area (TPSA) is 179 Å². The third kappa shape index (κ3) is 8.87. The van der Waals surface area contributed by atoms with Crippen molar-refractivity contribution in [3.05, 3.63) is 22.7 Å². The smallest absolute Gasteiger partial charge is 0.322 e. The fraction of sp³-hybridized carbons (Fsp3) is 0.500. The molecule has 0 aromatic carbocycles. The van der Waals surface area contributed by atoms with E-state index in [-0.39, 0.29) is 23.8 Å². The lowest BCUT2D eigenvalue weighted by molar-refractivity contribution is -0.139. The highest BCUT2D eigenvalue weighted by Gasteiger charge is 2.26. The molecule has 4 unspecified atom stereocenters. The van der Waals surface area contributed by atoms with Gasteiger partial charge in [-0.2, -0.15) is 0 Å². The van der Waals surface area contributed by atoms with Crippen molar-refractivity contribution < 1.29 is 34.5 Å². The van der Waals surface area contributed by atoms with Crippen LogP contribution in [0, 0.1) is 0 Å². The molecular weight excluding hydrogens is 458 g/mol. The molecule has 0 saturated heterocycles. The molecule has 12 heteroatoms. The van der Waals surface area contributed by atoms with Crippen LogP contribution < -0.4 is 16.4 Å². The van der Waals surface area contributed by atoms with Crippen LogP contribution in [0.3, 0.4) is 0 Å². The molecule has 28 heavy (non-hydrogen) atoms. The molecule has 7 N–H and O–H groups in total. The highest BCUT2D eigenvalue weighted by Crippen LogP contribution is 2.26. The van der Waals surface area contributed by atoms with Gasteiger partial charge >= 0.3 is 11.9 Å². The fourth-order valence-electron chi connectivity index (χ4n) is 2.11. The summed E-state index contributed by atoms with van der Waals surface area (Å²) in [6.07, 6.45) is 3.91. The Morgan fingerprint density at radius 3 is 2.57 bits per heavy atom. The summed E-state index contributed by atoms with van der Waals surface area (Å²) in [6.45, 7) is -0.611. The van der Waals surface area contributed by atoms with Crippen molar-refractivity contribution >= 4 is 51.4 Å². The van der Waals surface area contributed by atoms with Gasteiger partial charge in [0.15, 0.2) is 0 Å². The third-order valence-corrected chi connectivity index (χ3v) is 5.49. The summed E-state index contributed by atoms with van der Waals surface area (Å²) in [7, 11) is 0. The van der Waals surface area contributed by atoms with Crippen LogP contribution >= 0.6 is 27.7 Å². The average molecular weight is 480 g/mol. The molecule has 10 nitrogen and oxygen atoms in total. The predicted octanol–water partition coefficient (Wildman–Crippen LogP) is -0.825. The zero-order chi connectivity index (χ0) is 21.3. The van der Waals surface area contributed by atoms with Crippen LogP contribution in [0.4, 0.5) is 0 Å². The number of nitrogens with one attached hydrogen (secondary N) is 2. The van der Waals surface area contributed by atoms with Gasteiger partial charge in [-0.3, -0.25) is 19.2 Å². The maximum atomic E-state index is 12.2. The van der Waals surface area contributed by atoms with Crippen LogP contribution in [-0.2, 0) is 19.2 Å². The molecule has 1 rings (SSSR count).